The molecule has 2 aliphatic carbocycles. The highest BCUT2D eigenvalue weighted by Crippen LogP contribution is 2.47. The molecule has 0 N–H and O–H groups in total. The minimum absolute atomic E-state index is 0.0406. The van der Waals surface area contributed by atoms with Crippen LogP contribution in [-0.4, -0.2) is 37.8 Å². The lowest BCUT2D eigenvalue weighted by Gasteiger charge is -2.35. The molecule has 0 spiro atoms. The molecule has 0 radical (unpaired) electrons. The highest BCUT2D eigenvalue weighted by atomic mass is 16.5. The highest BCUT2D eigenvalue weighted by Gasteiger charge is 2.44. The Labute approximate surface area is 177 Å². The second-order valence-electron chi connectivity index (χ2n) is 8.30. The van der Waals surface area contributed by atoms with E-state index in [9.17, 15) is 9.59 Å². The van der Waals surface area contributed by atoms with Crippen molar-refractivity contribution in [3.8, 4) is 11.5 Å². The third-order valence-corrected chi connectivity index (χ3v) is 6.45. The number of ether oxygens (including phenoxy) is 3. The van der Waals surface area contributed by atoms with Crippen LogP contribution in [0.25, 0.3) is 0 Å². The van der Waals surface area contributed by atoms with Crippen LogP contribution < -0.4 is 9.47 Å². The van der Waals surface area contributed by atoms with Gasteiger partial charge in [-0.15, -0.1) is 0 Å². The summed E-state index contributed by atoms with van der Waals surface area (Å²) in [5.74, 6) is -0.0669. The lowest BCUT2D eigenvalue weighted by atomic mass is 9.71. The minimum atomic E-state index is -0.631. The van der Waals surface area contributed by atoms with E-state index in [1.165, 1.54) is 0 Å². The first-order valence-corrected chi connectivity index (χ1v) is 10.8. The molecule has 160 valence electrons. The SMILES string of the molecule is COc1ccc([C@@H]2C3=C(CCCC3=O)N=C(C)C2C(=O)OC2CCCC2)c(OC)c1. The zero-order valence-corrected chi connectivity index (χ0v) is 17.9. The number of nitrogens with zero attached hydrogens (tertiary/aromatic N) is 1. The summed E-state index contributed by atoms with van der Waals surface area (Å²) in [6.45, 7) is 1.87. The van der Waals surface area contributed by atoms with E-state index in [0.29, 0.717) is 29.2 Å². The number of rotatable bonds is 5. The molecule has 1 saturated carbocycles. The van der Waals surface area contributed by atoms with Gasteiger partial charge in [-0.3, -0.25) is 14.6 Å². The molecule has 0 aromatic heterocycles. The Morgan fingerprint density at radius 3 is 2.53 bits per heavy atom. The van der Waals surface area contributed by atoms with Gasteiger partial charge < -0.3 is 14.2 Å². The van der Waals surface area contributed by atoms with Crippen molar-refractivity contribution in [3.05, 3.63) is 35.0 Å². The van der Waals surface area contributed by atoms with Crippen molar-refractivity contribution in [3.63, 3.8) is 0 Å². The molecule has 2 atom stereocenters. The second-order valence-corrected chi connectivity index (χ2v) is 8.30. The van der Waals surface area contributed by atoms with Crippen molar-refractivity contribution >= 4 is 17.5 Å². The number of hydrogen-bond acceptors (Lipinski definition) is 6. The van der Waals surface area contributed by atoms with Gasteiger partial charge in [0.15, 0.2) is 5.78 Å². The van der Waals surface area contributed by atoms with Crippen LogP contribution in [0.1, 0.15) is 63.4 Å². The summed E-state index contributed by atoms with van der Waals surface area (Å²) in [7, 11) is 3.19. The van der Waals surface area contributed by atoms with Crippen LogP contribution in [-0.2, 0) is 14.3 Å². The molecule has 1 heterocycles. The molecule has 6 heteroatoms. The number of carbonyl (C=O) groups is 2. The van der Waals surface area contributed by atoms with E-state index in [1.54, 1.807) is 20.3 Å². The van der Waals surface area contributed by atoms with Gasteiger partial charge in [0.05, 0.1) is 14.2 Å². The van der Waals surface area contributed by atoms with Gasteiger partial charge in [0.2, 0.25) is 0 Å². The molecule has 0 bridgehead atoms. The molecule has 1 aliphatic heterocycles. The first-order chi connectivity index (χ1) is 14.5. The maximum atomic E-state index is 13.3. The Hall–Kier alpha value is -2.63. The van der Waals surface area contributed by atoms with Crippen molar-refractivity contribution in [1.82, 2.24) is 0 Å². The maximum Gasteiger partial charge on any atom is 0.315 e. The van der Waals surface area contributed by atoms with Crippen LogP contribution >= 0.6 is 0 Å². The van der Waals surface area contributed by atoms with Crippen LogP contribution in [0.2, 0.25) is 0 Å². The number of Topliss-reactive ketones (excluding diaryl/α,β-unsaturated/α-hetero) is 1. The van der Waals surface area contributed by atoms with E-state index in [-0.39, 0.29) is 17.9 Å². The van der Waals surface area contributed by atoms with Gasteiger partial charge >= 0.3 is 5.97 Å². The van der Waals surface area contributed by atoms with E-state index in [0.717, 1.165) is 49.8 Å². The average molecular weight is 411 g/mol. The monoisotopic (exact) mass is 411 g/mol. The van der Waals surface area contributed by atoms with Gasteiger partial charge in [0, 0.05) is 41.0 Å². The summed E-state index contributed by atoms with van der Waals surface area (Å²) < 4.78 is 16.9. The van der Waals surface area contributed by atoms with E-state index in [1.807, 2.05) is 19.1 Å². The summed E-state index contributed by atoms with van der Waals surface area (Å²) in [4.78, 5) is 31.1. The van der Waals surface area contributed by atoms with Crippen molar-refractivity contribution in [2.24, 2.45) is 10.9 Å². The van der Waals surface area contributed by atoms with Gasteiger partial charge in [0.25, 0.3) is 0 Å². The number of aliphatic imine (C=N–C) groups is 1. The molecule has 30 heavy (non-hydrogen) atoms. The number of allylic oxidation sites excluding steroid dienone is 2. The van der Waals surface area contributed by atoms with Crippen LogP contribution in [0.15, 0.2) is 34.5 Å². The molecule has 1 fully saturated rings. The molecule has 4 rings (SSSR count). The lowest BCUT2D eigenvalue weighted by molar-refractivity contribution is -0.151. The van der Waals surface area contributed by atoms with Gasteiger partial charge in [-0.05, 0) is 51.5 Å². The number of methoxy groups -OCH3 is 2. The van der Waals surface area contributed by atoms with Gasteiger partial charge in [-0.25, -0.2) is 0 Å². The molecule has 3 aliphatic rings. The Kier molecular flexibility index (Phi) is 5.93. The molecular formula is C24H29NO5. The largest absolute Gasteiger partial charge is 0.497 e. The summed E-state index contributed by atoms with van der Waals surface area (Å²) in [6.07, 6.45) is 5.94. The fourth-order valence-corrected chi connectivity index (χ4v) is 4.97. The standard InChI is InChI=1S/C24H29NO5/c1-14-21(24(27)30-15-7-4-5-8-15)22(23-18(25-14)9-6-10-19(23)26)17-12-11-16(28-2)13-20(17)29-3/h11-13,15,21-22H,4-10H2,1-3H3/t21?,22-/m0/s1. The number of esters is 1. The number of carbonyl (C=O) groups excluding carboxylic acids is 2. The quantitative estimate of drug-likeness (QED) is 0.673. The number of benzene rings is 1. The van der Waals surface area contributed by atoms with Crippen molar-refractivity contribution < 1.29 is 23.8 Å². The third-order valence-electron chi connectivity index (χ3n) is 6.45. The second kappa shape index (κ2) is 8.62. The van der Waals surface area contributed by atoms with Crippen LogP contribution in [0.4, 0.5) is 0 Å². The highest BCUT2D eigenvalue weighted by molar-refractivity contribution is 6.09. The number of ketones is 1. The molecule has 6 nitrogen and oxygen atoms in total. The molecule has 1 aromatic rings. The molecule has 0 saturated heterocycles. The molecular weight excluding hydrogens is 382 g/mol. The van der Waals surface area contributed by atoms with E-state index >= 15 is 0 Å². The van der Waals surface area contributed by atoms with E-state index in [2.05, 4.69) is 0 Å². The molecule has 1 unspecified atom stereocenters. The first-order valence-electron chi connectivity index (χ1n) is 10.8. The Morgan fingerprint density at radius 2 is 1.83 bits per heavy atom. The summed E-state index contributed by atoms with van der Waals surface area (Å²) in [6, 6.07) is 5.53. The van der Waals surface area contributed by atoms with Crippen LogP contribution in [0, 0.1) is 5.92 Å². The first kappa shape index (κ1) is 20.6. The van der Waals surface area contributed by atoms with E-state index in [4.69, 9.17) is 19.2 Å². The van der Waals surface area contributed by atoms with Crippen molar-refractivity contribution in [2.45, 2.75) is 63.9 Å². The predicted octanol–water partition coefficient (Wildman–Crippen LogP) is 4.37. The fraction of sp³-hybridized carbons (Fsp3) is 0.542. The van der Waals surface area contributed by atoms with Gasteiger partial charge in [-0.1, -0.05) is 6.07 Å². The van der Waals surface area contributed by atoms with Gasteiger partial charge in [-0.2, -0.15) is 0 Å². The van der Waals surface area contributed by atoms with Crippen LogP contribution in [0.3, 0.4) is 0 Å². The van der Waals surface area contributed by atoms with Gasteiger partial charge in [0.1, 0.15) is 23.5 Å². The summed E-state index contributed by atoms with van der Waals surface area (Å²) in [5.41, 5.74) is 2.94. The zero-order chi connectivity index (χ0) is 21.3. The summed E-state index contributed by atoms with van der Waals surface area (Å²) >= 11 is 0. The lowest BCUT2D eigenvalue weighted by Crippen LogP contribution is -2.38. The van der Waals surface area contributed by atoms with Crippen molar-refractivity contribution in [1.29, 1.82) is 0 Å². The third kappa shape index (κ3) is 3.75. The fourth-order valence-electron chi connectivity index (χ4n) is 4.97. The Bertz CT molecular complexity index is 910. The normalized spacial score (nSPS) is 24.4. The average Bonchev–Trinajstić information content (AvgIpc) is 3.25. The zero-order valence-electron chi connectivity index (χ0n) is 17.9. The molecule has 1 aromatic carbocycles. The summed E-state index contributed by atoms with van der Waals surface area (Å²) in [5, 5.41) is 0. The molecule has 0 amide bonds. The smallest absolute Gasteiger partial charge is 0.315 e. The maximum absolute atomic E-state index is 13.3. The topological polar surface area (TPSA) is 74.2 Å². The predicted molar refractivity (Wildman–Crippen MR) is 113 cm³/mol. The minimum Gasteiger partial charge on any atom is -0.497 e. The Balaban J connectivity index is 1.80. The van der Waals surface area contributed by atoms with Crippen LogP contribution in [0.5, 0.6) is 11.5 Å². The van der Waals surface area contributed by atoms with E-state index < -0.39 is 11.8 Å². The Morgan fingerprint density at radius 1 is 1.07 bits per heavy atom. The van der Waals surface area contributed by atoms with Crippen molar-refractivity contribution in [2.75, 3.05) is 14.2 Å². The number of hydrogen-bond donors (Lipinski definition) is 0.